The number of hydrogen-bond donors (Lipinski definition) is 4. The summed E-state index contributed by atoms with van der Waals surface area (Å²) in [5.74, 6) is 1.24. The van der Waals surface area contributed by atoms with Crippen LogP contribution in [0.25, 0.3) is 0 Å². The standard InChI is InChI=1S/C24H23N3O7S/c28-23-17(26-35(31,32)16-11-9-15(10-12-16)25-24(29)30)13-33-14-20(23)27-18-5-1-3-7-21(18)34-22-8-4-2-6-19(22)27/h1-12,17,20,23,25-26,28H,13-14H2,(H,29,30). The van der Waals surface area contributed by atoms with Crippen LogP contribution in [-0.2, 0) is 14.8 Å². The zero-order valence-corrected chi connectivity index (χ0v) is 19.2. The van der Waals surface area contributed by atoms with Gasteiger partial charge < -0.3 is 24.6 Å². The number of anilines is 3. The number of hydrogen-bond acceptors (Lipinski definition) is 7. The largest absolute Gasteiger partial charge is 0.465 e. The van der Waals surface area contributed by atoms with Gasteiger partial charge in [-0.25, -0.2) is 17.9 Å². The van der Waals surface area contributed by atoms with Crippen LogP contribution in [0.4, 0.5) is 21.9 Å². The molecule has 0 spiro atoms. The van der Waals surface area contributed by atoms with Crippen molar-refractivity contribution in [1.29, 1.82) is 0 Å². The molecule has 0 bridgehead atoms. The normalized spacial score (nSPS) is 21.4. The first kappa shape index (κ1) is 23.1. The predicted octanol–water partition coefficient (Wildman–Crippen LogP) is 3.13. The molecule has 2 heterocycles. The predicted molar refractivity (Wildman–Crippen MR) is 128 cm³/mol. The monoisotopic (exact) mass is 497 g/mol. The van der Waals surface area contributed by atoms with Gasteiger partial charge in [0.05, 0.1) is 47.7 Å². The van der Waals surface area contributed by atoms with Gasteiger partial charge in [0.15, 0.2) is 11.5 Å². The van der Waals surface area contributed by atoms with Crippen LogP contribution in [0.2, 0.25) is 0 Å². The Morgan fingerprint density at radius 3 is 2.11 bits per heavy atom. The van der Waals surface area contributed by atoms with Crippen LogP contribution >= 0.6 is 0 Å². The molecule has 3 aromatic rings. The van der Waals surface area contributed by atoms with Gasteiger partial charge in [0.2, 0.25) is 10.0 Å². The molecule has 11 heteroatoms. The lowest BCUT2D eigenvalue weighted by Crippen LogP contribution is -2.60. The lowest BCUT2D eigenvalue weighted by molar-refractivity contribution is -0.0244. The van der Waals surface area contributed by atoms with Crippen LogP contribution in [0.1, 0.15) is 0 Å². The summed E-state index contributed by atoms with van der Waals surface area (Å²) in [6.45, 7) is 0.167. The fourth-order valence-corrected chi connectivity index (χ4v) is 5.55. The Hall–Kier alpha value is -3.64. The van der Waals surface area contributed by atoms with Crippen molar-refractivity contribution >= 4 is 33.2 Å². The maximum atomic E-state index is 13.0. The number of sulfonamides is 1. The Morgan fingerprint density at radius 2 is 1.51 bits per heavy atom. The molecule has 2 aliphatic heterocycles. The molecule has 4 N–H and O–H groups in total. The number of aliphatic hydroxyl groups excluding tert-OH is 1. The van der Waals surface area contributed by atoms with Crippen molar-refractivity contribution in [2.45, 2.75) is 23.1 Å². The van der Waals surface area contributed by atoms with Crippen LogP contribution < -0.4 is 19.7 Å². The molecule has 0 saturated carbocycles. The van der Waals surface area contributed by atoms with E-state index in [-0.39, 0.29) is 23.8 Å². The molecule has 0 aliphatic carbocycles. The van der Waals surface area contributed by atoms with Crippen LogP contribution in [0.3, 0.4) is 0 Å². The third-order valence-corrected chi connectivity index (χ3v) is 7.42. The summed E-state index contributed by atoms with van der Waals surface area (Å²) >= 11 is 0. The van der Waals surface area contributed by atoms with Gasteiger partial charge in [0.25, 0.3) is 0 Å². The van der Waals surface area contributed by atoms with Crippen molar-refractivity contribution in [3.05, 3.63) is 72.8 Å². The number of para-hydroxylation sites is 4. The molecule has 3 atom stereocenters. The average molecular weight is 498 g/mol. The average Bonchev–Trinajstić information content (AvgIpc) is 2.84. The van der Waals surface area contributed by atoms with Crippen molar-refractivity contribution < 1.29 is 32.9 Å². The number of carbonyl (C=O) groups is 1. The lowest BCUT2D eigenvalue weighted by atomic mass is 9.98. The number of ether oxygens (including phenoxy) is 2. The Labute approximate surface area is 201 Å². The van der Waals surface area contributed by atoms with Gasteiger partial charge in [-0.1, -0.05) is 24.3 Å². The first-order chi connectivity index (χ1) is 16.8. The highest BCUT2D eigenvalue weighted by Crippen LogP contribution is 2.48. The molecule has 1 saturated heterocycles. The highest BCUT2D eigenvalue weighted by Gasteiger charge is 2.41. The summed E-state index contributed by atoms with van der Waals surface area (Å²) in [5.41, 5.74) is 1.72. The number of amides is 1. The molecule has 0 radical (unpaired) electrons. The van der Waals surface area contributed by atoms with E-state index in [1.54, 1.807) is 0 Å². The minimum atomic E-state index is -4.02. The van der Waals surface area contributed by atoms with Gasteiger partial charge in [-0.15, -0.1) is 0 Å². The molecule has 3 unspecified atom stereocenters. The topological polar surface area (TPSA) is 137 Å². The second-order valence-corrected chi connectivity index (χ2v) is 9.90. The molecule has 1 fully saturated rings. The molecule has 182 valence electrons. The number of nitrogens with one attached hydrogen (secondary N) is 2. The molecule has 3 aromatic carbocycles. The number of aliphatic hydroxyl groups is 1. The summed E-state index contributed by atoms with van der Waals surface area (Å²) in [6.07, 6.45) is -2.36. The van der Waals surface area contributed by atoms with E-state index >= 15 is 0 Å². The first-order valence-corrected chi connectivity index (χ1v) is 12.3. The van der Waals surface area contributed by atoms with E-state index in [1.165, 1.54) is 24.3 Å². The highest BCUT2D eigenvalue weighted by atomic mass is 32.2. The fourth-order valence-electron chi connectivity index (χ4n) is 4.31. The van der Waals surface area contributed by atoms with Crippen molar-refractivity contribution in [2.24, 2.45) is 0 Å². The number of carboxylic acid groups (broad SMARTS) is 1. The zero-order chi connectivity index (χ0) is 24.6. The first-order valence-electron chi connectivity index (χ1n) is 10.9. The smallest absolute Gasteiger partial charge is 0.409 e. The third-order valence-electron chi connectivity index (χ3n) is 5.92. The van der Waals surface area contributed by atoms with Gasteiger partial charge in [-0.2, -0.15) is 0 Å². The lowest BCUT2D eigenvalue weighted by Gasteiger charge is -2.44. The second-order valence-electron chi connectivity index (χ2n) is 8.19. The Balaban J connectivity index is 1.41. The molecule has 2 aliphatic rings. The van der Waals surface area contributed by atoms with Gasteiger partial charge in [-0.05, 0) is 48.5 Å². The molecule has 1 amide bonds. The summed E-state index contributed by atoms with van der Waals surface area (Å²) < 4.78 is 40.3. The maximum Gasteiger partial charge on any atom is 0.409 e. The maximum absolute atomic E-state index is 13.0. The van der Waals surface area contributed by atoms with Crippen molar-refractivity contribution in [3.8, 4) is 11.5 Å². The Bertz CT molecular complexity index is 1300. The van der Waals surface area contributed by atoms with Crippen molar-refractivity contribution in [1.82, 2.24) is 4.72 Å². The van der Waals surface area contributed by atoms with E-state index in [1.807, 2.05) is 53.4 Å². The summed E-state index contributed by atoms with van der Waals surface area (Å²) in [7, 11) is -4.02. The van der Waals surface area contributed by atoms with Crippen LogP contribution in [0, 0.1) is 0 Å². The molecular weight excluding hydrogens is 474 g/mol. The van der Waals surface area contributed by atoms with Crippen molar-refractivity contribution in [2.75, 3.05) is 23.4 Å². The van der Waals surface area contributed by atoms with Crippen LogP contribution in [0.15, 0.2) is 77.7 Å². The second kappa shape index (κ2) is 9.19. The molecule has 5 rings (SSSR count). The third kappa shape index (κ3) is 4.54. The number of rotatable bonds is 5. The minimum Gasteiger partial charge on any atom is -0.465 e. The molecular formula is C24H23N3O7S. The summed E-state index contributed by atoms with van der Waals surface area (Å²) in [5, 5.41) is 22.3. The SMILES string of the molecule is O=C(O)Nc1ccc(S(=O)(=O)NC2COCC(N3c4ccccc4Oc4ccccc43)C2O)cc1. The van der Waals surface area contributed by atoms with Gasteiger partial charge in [0.1, 0.15) is 0 Å². The van der Waals surface area contributed by atoms with E-state index in [0.717, 1.165) is 11.4 Å². The quantitative estimate of drug-likeness (QED) is 0.422. The Morgan fingerprint density at radius 1 is 0.914 bits per heavy atom. The molecule has 10 nitrogen and oxygen atoms in total. The van der Waals surface area contributed by atoms with Crippen LogP contribution in [0.5, 0.6) is 11.5 Å². The van der Waals surface area contributed by atoms with E-state index in [4.69, 9.17) is 14.6 Å². The molecule has 0 aromatic heterocycles. The van der Waals surface area contributed by atoms with Crippen LogP contribution in [-0.4, -0.2) is 56.1 Å². The number of fused-ring (bicyclic) bond motifs is 2. The van der Waals surface area contributed by atoms with E-state index in [9.17, 15) is 18.3 Å². The fraction of sp³-hybridized carbons (Fsp3) is 0.208. The highest BCUT2D eigenvalue weighted by molar-refractivity contribution is 7.89. The van der Waals surface area contributed by atoms with Gasteiger partial charge in [0, 0.05) is 5.69 Å². The van der Waals surface area contributed by atoms with E-state index in [0.29, 0.717) is 11.5 Å². The minimum absolute atomic E-state index is 0.0107. The van der Waals surface area contributed by atoms with Gasteiger partial charge >= 0.3 is 6.09 Å². The zero-order valence-electron chi connectivity index (χ0n) is 18.4. The number of nitrogens with zero attached hydrogens (tertiary/aromatic N) is 1. The number of benzene rings is 3. The van der Waals surface area contributed by atoms with E-state index < -0.39 is 34.3 Å². The van der Waals surface area contributed by atoms with E-state index in [2.05, 4.69) is 10.0 Å². The summed E-state index contributed by atoms with van der Waals surface area (Å²) in [4.78, 5) is 12.6. The summed E-state index contributed by atoms with van der Waals surface area (Å²) in [6, 6.07) is 18.6. The molecule has 35 heavy (non-hydrogen) atoms. The van der Waals surface area contributed by atoms with Crippen molar-refractivity contribution in [3.63, 3.8) is 0 Å². The Kier molecular flexibility index (Phi) is 6.07. The van der Waals surface area contributed by atoms with Gasteiger partial charge in [-0.3, -0.25) is 5.32 Å².